The quantitative estimate of drug-likeness (QED) is 0.572. The molecular formula is C18H31BO4. The Morgan fingerprint density at radius 1 is 1.04 bits per heavy atom. The standard InChI is InChI=1S/C18H31BO4/c1-17(2)18(3,4)23-19(22-17)13-10-9-12-7-6-8-14(15(12)11-13)16(20)21-5/h12-15H,6-11H2,1-5H3. The molecule has 4 unspecified atom stereocenters. The molecule has 3 aliphatic rings. The molecule has 0 amide bonds. The van der Waals surface area contributed by atoms with Crippen LogP contribution >= 0.6 is 0 Å². The molecule has 0 radical (unpaired) electrons. The van der Waals surface area contributed by atoms with Gasteiger partial charge >= 0.3 is 13.1 Å². The number of rotatable bonds is 2. The van der Waals surface area contributed by atoms with E-state index in [2.05, 4.69) is 27.7 Å². The van der Waals surface area contributed by atoms with Crippen molar-refractivity contribution in [1.82, 2.24) is 0 Å². The maximum atomic E-state index is 12.2. The minimum Gasteiger partial charge on any atom is -0.469 e. The lowest BCUT2D eigenvalue weighted by Crippen LogP contribution is -2.41. The summed E-state index contributed by atoms with van der Waals surface area (Å²) in [4.78, 5) is 12.2. The Morgan fingerprint density at radius 2 is 1.70 bits per heavy atom. The van der Waals surface area contributed by atoms with Crippen LogP contribution in [0.4, 0.5) is 0 Å². The number of hydrogen-bond donors (Lipinski definition) is 0. The topological polar surface area (TPSA) is 44.8 Å². The Hall–Kier alpha value is -0.545. The third-order valence-electron chi connectivity index (χ3n) is 6.86. The Morgan fingerprint density at radius 3 is 2.30 bits per heavy atom. The molecule has 0 aromatic heterocycles. The zero-order chi connectivity index (χ0) is 16.8. The van der Waals surface area contributed by atoms with Crippen molar-refractivity contribution in [3.63, 3.8) is 0 Å². The van der Waals surface area contributed by atoms with E-state index in [-0.39, 0.29) is 30.2 Å². The van der Waals surface area contributed by atoms with Gasteiger partial charge in [0.1, 0.15) is 0 Å². The van der Waals surface area contributed by atoms with E-state index in [0.717, 1.165) is 25.7 Å². The highest BCUT2D eigenvalue weighted by Gasteiger charge is 2.55. The molecule has 5 heteroatoms. The monoisotopic (exact) mass is 322 g/mol. The van der Waals surface area contributed by atoms with Crippen LogP contribution in [0.3, 0.4) is 0 Å². The number of fused-ring (bicyclic) bond motifs is 1. The molecule has 2 saturated carbocycles. The molecule has 1 saturated heterocycles. The highest BCUT2D eigenvalue weighted by atomic mass is 16.7. The first-order valence-electron chi connectivity index (χ1n) is 9.18. The fourth-order valence-electron chi connectivity index (χ4n) is 4.74. The SMILES string of the molecule is COC(=O)C1CCCC2CCC(B3OC(C)(C)C(C)(C)O3)CC21. The second kappa shape index (κ2) is 6.07. The van der Waals surface area contributed by atoms with Crippen LogP contribution in [-0.4, -0.2) is 31.4 Å². The number of hydrogen-bond acceptors (Lipinski definition) is 4. The average molecular weight is 322 g/mol. The Bertz CT molecular complexity index is 446. The fourth-order valence-corrected chi connectivity index (χ4v) is 4.74. The Balaban J connectivity index is 1.71. The second-order valence-electron chi connectivity index (χ2n) is 8.68. The molecule has 23 heavy (non-hydrogen) atoms. The largest absolute Gasteiger partial charge is 0.469 e. The van der Waals surface area contributed by atoms with Crippen LogP contribution < -0.4 is 0 Å². The van der Waals surface area contributed by atoms with Crippen molar-refractivity contribution >= 4 is 13.1 Å². The normalized spacial score (nSPS) is 38.9. The van der Waals surface area contributed by atoms with Gasteiger partial charge in [0.05, 0.1) is 24.2 Å². The third kappa shape index (κ3) is 3.07. The maximum Gasteiger partial charge on any atom is 0.461 e. The maximum absolute atomic E-state index is 12.2. The van der Waals surface area contributed by atoms with Crippen molar-refractivity contribution in [1.29, 1.82) is 0 Å². The summed E-state index contributed by atoms with van der Waals surface area (Å²) in [6.07, 6.45) is 6.75. The summed E-state index contributed by atoms with van der Waals surface area (Å²) in [7, 11) is 1.38. The van der Waals surface area contributed by atoms with Crippen molar-refractivity contribution in [2.75, 3.05) is 7.11 Å². The van der Waals surface area contributed by atoms with Gasteiger partial charge in [-0.3, -0.25) is 4.79 Å². The van der Waals surface area contributed by atoms with E-state index < -0.39 is 0 Å². The molecule has 1 aliphatic heterocycles. The van der Waals surface area contributed by atoms with E-state index in [1.54, 1.807) is 0 Å². The molecule has 0 bridgehead atoms. The van der Waals surface area contributed by atoms with Gasteiger partial charge in [0.15, 0.2) is 0 Å². The van der Waals surface area contributed by atoms with Crippen molar-refractivity contribution in [3.05, 3.63) is 0 Å². The number of carbonyl (C=O) groups is 1. The predicted octanol–water partition coefficient (Wildman–Crippen LogP) is 3.84. The summed E-state index contributed by atoms with van der Waals surface area (Å²) >= 11 is 0. The average Bonchev–Trinajstić information content (AvgIpc) is 2.73. The van der Waals surface area contributed by atoms with Crippen LogP contribution in [0.5, 0.6) is 0 Å². The van der Waals surface area contributed by atoms with Crippen molar-refractivity contribution < 1.29 is 18.8 Å². The summed E-state index contributed by atoms with van der Waals surface area (Å²) in [6.45, 7) is 8.43. The van der Waals surface area contributed by atoms with E-state index in [4.69, 9.17) is 14.0 Å². The number of esters is 1. The molecule has 3 rings (SSSR count). The van der Waals surface area contributed by atoms with E-state index in [1.807, 2.05) is 0 Å². The molecule has 2 aliphatic carbocycles. The van der Waals surface area contributed by atoms with Gasteiger partial charge in [-0.15, -0.1) is 0 Å². The lowest BCUT2D eigenvalue weighted by atomic mass is 9.55. The van der Waals surface area contributed by atoms with Gasteiger partial charge in [0, 0.05) is 0 Å². The van der Waals surface area contributed by atoms with E-state index in [1.165, 1.54) is 20.0 Å². The van der Waals surface area contributed by atoms with Crippen LogP contribution in [0.1, 0.15) is 66.2 Å². The van der Waals surface area contributed by atoms with Crippen LogP contribution in [-0.2, 0) is 18.8 Å². The summed E-state index contributed by atoms with van der Waals surface area (Å²) < 4.78 is 17.6. The summed E-state index contributed by atoms with van der Waals surface area (Å²) in [5, 5.41) is 0. The van der Waals surface area contributed by atoms with Gasteiger partial charge in [-0.25, -0.2) is 0 Å². The van der Waals surface area contributed by atoms with Gasteiger partial charge in [0.25, 0.3) is 0 Å². The van der Waals surface area contributed by atoms with Gasteiger partial charge in [-0.1, -0.05) is 25.7 Å². The lowest BCUT2D eigenvalue weighted by molar-refractivity contribution is -0.150. The molecule has 4 atom stereocenters. The molecule has 3 fully saturated rings. The molecular weight excluding hydrogens is 291 g/mol. The number of carbonyl (C=O) groups excluding carboxylic acids is 1. The van der Waals surface area contributed by atoms with Gasteiger partial charge in [-0.05, 0) is 58.2 Å². The van der Waals surface area contributed by atoms with E-state index >= 15 is 0 Å². The highest BCUT2D eigenvalue weighted by molar-refractivity contribution is 6.47. The highest BCUT2D eigenvalue weighted by Crippen LogP contribution is 2.51. The van der Waals surface area contributed by atoms with Crippen LogP contribution in [0.2, 0.25) is 5.82 Å². The summed E-state index contributed by atoms with van der Waals surface area (Å²) in [6, 6.07) is 0. The van der Waals surface area contributed by atoms with Crippen LogP contribution in [0.15, 0.2) is 0 Å². The number of ether oxygens (including phenoxy) is 1. The van der Waals surface area contributed by atoms with E-state index in [9.17, 15) is 4.79 Å². The minimum absolute atomic E-state index is 0.0192. The molecule has 130 valence electrons. The molecule has 1 heterocycles. The molecule has 0 spiro atoms. The first kappa shape index (κ1) is 17.3. The molecule has 0 aromatic rings. The predicted molar refractivity (Wildman–Crippen MR) is 90.0 cm³/mol. The Kier molecular flexibility index (Phi) is 4.56. The second-order valence-corrected chi connectivity index (χ2v) is 8.68. The van der Waals surface area contributed by atoms with Crippen molar-refractivity contribution in [3.8, 4) is 0 Å². The fraction of sp³-hybridized carbons (Fsp3) is 0.944. The smallest absolute Gasteiger partial charge is 0.461 e. The molecule has 0 aromatic carbocycles. The summed E-state index contributed by atoms with van der Waals surface area (Å²) in [5.74, 6) is 1.56. The Labute approximate surface area is 140 Å². The summed E-state index contributed by atoms with van der Waals surface area (Å²) in [5.41, 5.74) is -0.550. The van der Waals surface area contributed by atoms with Gasteiger partial charge in [0.2, 0.25) is 0 Å². The van der Waals surface area contributed by atoms with E-state index in [0.29, 0.717) is 17.7 Å². The molecule has 4 nitrogen and oxygen atoms in total. The van der Waals surface area contributed by atoms with Crippen LogP contribution in [0.25, 0.3) is 0 Å². The van der Waals surface area contributed by atoms with Gasteiger partial charge < -0.3 is 14.0 Å². The first-order chi connectivity index (χ1) is 10.7. The van der Waals surface area contributed by atoms with Crippen molar-refractivity contribution in [2.24, 2.45) is 17.8 Å². The third-order valence-corrected chi connectivity index (χ3v) is 6.86. The van der Waals surface area contributed by atoms with Gasteiger partial charge in [-0.2, -0.15) is 0 Å². The lowest BCUT2D eigenvalue weighted by Gasteiger charge is -2.43. The number of methoxy groups -OCH3 is 1. The molecule has 0 N–H and O–H groups in total. The zero-order valence-corrected chi connectivity index (χ0v) is 15.3. The van der Waals surface area contributed by atoms with Crippen LogP contribution in [0, 0.1) is 17.8 Å². The zero-order valence-electron chi connectivity index (χ0n) is 15.3. The van der Waals surface area contributed by atoms with Crippen molar-refractivity contribution in [2.45, 2.75) is 83.2 Å². The first-order valence-corrected chi connectivity index (χ1v) is 9.18. The minimum atomic E-state index is -0.275.